The molecule has 0 spiro atoms. The van der Waals surface area contributed by atoms with Gasteiger partial charge in [-0.3, -0.25) is 14.4 Å². The quantitative estimate of drug-likeness (QED) is 0.626. The van der Waals surface area contributed by atoms with E-state index in [2.05, 4.69) is 13.5 Å². The highest BCUT2D eigenvalue weighted by molar-refractivity contribution is 5.85. The van der Waals surface area contributed by atoms with E-state index in [1.54, 1.807) is 0 Å². The molecule has 2 N–H and O–H groups in total. The second-order valence-corrected chi connectivity index (χ2v) is 11.1. The molecule has 0 amide bonds. The van der Waals surface area contributed by atoms with Crippen molar-refractivity contribution in [1.29, 1.82) is 0 Å². The molecule has 3 atom stereocenters. The minimum absolute atomic E-state index is 0.0488. The molecule has 4 rings (SSSR count). The number of carbonyl (C=O) groups excluding carboxylic acids is 3. The zero-order valence-corrected chi connectivity index (χ0v) is 18.9. The van der Waals surface area contributed by atoms with Crippen LogP contribution in [0.4, 0.5) is 0 Å². The topological polar surface area (TPSA) is 91.7 Å². The van der Waals surface area contributed by atoms with E-state index in [9.17, 15) is 24.6 Å². The lowest BCUT2D eigenvalue weighted by atomic mass is 9.54. The van der Waals surface area contributed by atoms with Crippen LogP contribution in [0.5, 0.6) is 0 Å². The van der Waals surface area contributed by atoms with Crippen LogP contribution in [0.1, 0.15) is 97.8 Å². The zero-order chi connectivity index (χ0) is 22.4. The molecule has 0 bridgehead atoms. The van der Waals surface area contributed by atoms with Gasteiger partial charge in [-0.25, -0.2) is 0 Å². The van der Waals surface area contributed by atoms with E-state index in [4.69, 9.17) is 0 Å². The number of fused-ring (bicyclic) bond motifs is 2. The van der Waals surface area contributed by atoms with Gasteiger partial charge in [-0.05, 0) is 62.2 Å². The molecule has 4 fully saturated rings. The highest BCUT2D eigenvalue weighted by atomic mass is 16.3. The smallest absolute Gasteiger partial charge is 0.135 e. The van der Waals surface area contributed by atoms with Crippen molar-refractivity contribution >= 4 is 17.3 Å². The molecule has 0 radical (unpaired) electrons. The fourth-order valence-electron chi connectivity index (χ4n) is 6.11. The fourth-order valence-corrected chi connectivity index (χ4v) is 6.11. The van der Waals surface area contributed by atoms with E-state index >= 15 is 0 Å². The standard InChI is InChI=1S/C14H22O2.C11H16O3/c1-10(2)11-4-6-13(3)7-5-12(15)9-14(13,16)8-11;1-10-4-2-8(12)6-11(10,14)7-9(13)3-5-10/h11,16H,1,4-9H2,2-3H3;14H,2-7H2,1H3/t11-,13-,14-;/m1./s1. The average Bonchev–Trinajstić information content (AvgIpc) is 2.64. The maximum Gasteiger partial charge on any atom is 0.135 e. The maximum absolute atomic E-state index is 11.6. The van der Waals surface area contributed by atoms with Gasteiger partial charge in [0.05, 0.1) is 11.2 Å². The van der Waals surface area contributed by atoms with Gasteiger partial charge in [0.25, 0.3) is 0 Å². The number of ketones is 3. The van der Waals surface area contributed by atoms with Crippen molar-refractivity contribution in [3.63, 3.8) is 0 Å². The molecule has 0 aromatic rings. The van der Waals surface area contributed by atoms with Crippen molar-refractivity contribution < 1.29 is 24.6 Å². The first kappa shape index (κ1) is 23.3. The number of rotatable bonds is 1. The molecule has 168 valence electrons. The molecule has 0 aromatic heterocycles. The minimum Gasteiger partial charge on any atom is -0.389 e. The third kappa shape index (κ3) is 4.20. The Hall–Kier alpha value is -1.33. The average molecular weight is 419 g/mol. The van der Waals surface area contributed by atoms with Gasteiger partial charge in [0.1, 0.15) is 17.3 Å². The van der Waals surface area contributed by atoms with E-state index in [0.29, 0.717) is 31.6 Å². The molecule has 4 saturated carbocycles. The van der Waals surface area contributed by atoms with Crippen molar-refractivity contribution in [3.05, 3.63) is 12.2 Å². The number of hydrogen-bond donors (Lipinski definition) is 2. The lowest BCUT2D eigenvalue weighted by Gasteiger charge is -2.53. The second-order valence-electron chi connectivity index (χ2n) is 11.1. The van der Waals surface area contributed by atoms with Crippen LogP contribution in [0.15, 0.2) is 12.2 Å². The first-order valence-electron chi connectivity index (χ1n) is 11.5. The summed E-state index contributed by atoms with van der Waals surface area (Å²) in [6, 6.07) is 0. The summed E-state index contributed by atoms with van der Waals surface area (Å²) < 4.78 is 0. The number of allylic oxidation sites excluding steroid dienone is 1. The SMILES string of the molecule is C=C(C)[C@@H]1CC[C@]2(C)CCC(=O)C[C@]2(O)C1.CC12CCC(=O)CC1(O)CC(=O)CC2. The summed E-state index contributed by atoms with van der Waals surface area (Å²) >= 11 is 0. The molecule has 5 nitrogen and oxygen atoms in total. The molecule has 30 heavy (non-hydrogen) atoms. The summed E-state index contributed by atoms with van der Waals surface area (Å²) in [4.78, 5) is 34.2. The number of carbonyl (C=O) groups is 3. The second kappa shape index (κ2) is 7.98. The van der Waals surface area contributed by atoms with E-state index in [0.717, 1.165) is 44.1 Å². The fraction of sp³-hybridized carbons (Fsp3) is 0.800. The van der Waals surface area contributed by atoms with Crippen LogP contribution in [-0.4, -0.2) is 38.8 Å². The predicted octanol–water partition coefficient (Wildman–Crippen LogP) is 4.08. The Balaban J connectivity index is 0.000000172. The molecule has 4 aliphatic carbocycles. The monoisotopic (exact) mass is 418 g/mol. The Kier molecular flexibility index (Phi) is 6.21. The Bertz CT molecular complexity index is 731. The minimum atomic E-state index is -1.04. The van der Waals surface area contributed by atoms with Gasteiger partial charge in [-0.2, -0.15) is 0 Å². The molecular formula is C25H38O5. The Morgan fingerprint density at radius 3 is 1.63 bits per heavy atom. The third-order valence-corrected chi connectivity index (χ3v) is 8.91. The van der Waals surface area contributed by atoms with E-state index in [1.165, 1.54) is 0 Å². The molecule has 0 heterocycles. The van der Waals surface area contributed by atoms with Gasteiger partial charge in [-0.1, -0.05) is 26.0 Å². The predicted molar refractivity (Wildman–Crippen MR) is 115 cm³/mol. The number of aliphatic hydroxyl groups is 2. The number of hydrogen-bond acceptors (Lipinski definition) is 5. The molecule has 5 heteroatoms. The van der Waals surface area contributed by atoms with Gasteiger partial charge in [0.15, 0.2) is 0 Å². The summed E-state index contributed by atoms with van der Waals surface area (Å²) in [5.74, 6) is 0.811. The summed E-state index contributed by atoms with van der Waals surface area (Å²) in [6.45, 7) is 10.2. The van der Waals surface area contributed by atoms with Crippen LogP contribution in [-0.2, 0) is 14.4 Å². The van der Waals surface area contributed by atoms with Crippen LogP contribution in [0.3, 0.4) is 0 Å². The normalized spacial score (nSPS) is 43.8. The Morgan fingerprint density at radius 2 is 1.20 bits per heavy atom. The van der Waals surface area contributed by atoms with Crippen LogP contribution in [0.2, 0.25) is 0 Å². The largest absolute Gasteiger partial charge is 0.389 e. The summed E-state index contributed by atoms with van der Waals surface area (Å²) in [6.07, 6.45) is 7.66. The number of Topliss-reactive ketones (excluding diaryl/α,β-unsaturated/α-hetero) is 3. The highest BCUT2D eigenvalue weighted by Crippen LogP contribution is 2.54. The first-order chi connectivity index (χ1) is 13.8. The van der Waals surface area contributed by atoms with E-state index in [-0.39, 0.29) is 41.0 Å². The lowest BCUT2D eigenvalue weighted by Crippen LogP contribution is -2.55. The van der Waals surface area contributed by atoms with Crippen molar-refractivity contribution in [2.75, 3.05) is 0 Å². The van der Waals surface area contributed by atoms with Gasteiger partial charge in [0, 0.05) is 38.5 Å². The molecular weight excluding hydrogens is 380 g/mol. The van der Waals surface area contributed by atoms with Crippen molar-refractivity contribution in [2.45, 2.75) is 109 Å². The third-order valence-electron chi connectivity index (χ3n) is 8.91. The van der Waals surface area contributed by atoms with Gasteiger partial charge in [-0.15, -0.1) is 0 Å². The Morgan fingerprint density at radius 1 is 0.800 bits per heavy atom. The first-order valence-corrected chi connectivity index (χ1v) is 11.5. The highest BCUT2D eigenvalue weighted by Gasteiger charge is 2.55. The van der Waals surface area contributed by atoms with Crippen molar-refractivity contribution in [3.8, 4) is 0 Å². The van der Waals surface area contributed by atoms with Gasteiger partial charge < -0.3 is 10.2 Å². The summed E-state index contributed by atoms with van der Waals surface area (Å²) in [5, 5.41) is 21.1. The van der Waals surface area contributed by atoms with Crippen molar-refractivity contribution in [1.82, 2.24) is 0 Å². The van der Waals surface area contributed by atoms with E-state index < -0.39 is 11.2 Å². The van der Waals surface area contributed by atoms with Crippen LogP contribution in [0.25, 0.3) is 0 Å². The molecule has 0 saturated heterocycles. The van der Waals surface area contributed by atoms with Crippen molar-refractivity contribution in [2.24, 2.45) is 16.7 Å². The zero-order valence-electron chi connectivity index (χ0n) is 18.9. The molecule has 0 aromatic carbocycles. The molecule has 0 unspecified atom stereocenters. The summed E-state index contributed by atoms with van der Waals surface area (Å²) in [5.41, 5.74) is -0.933. The molecule has 4 aliphatic rings. The molecule has 0 aliphatic heterocycles. The lowest BCUT2D eigenvalue weighted by molar-refractivity contribution is -0.162. The van der Waals surface area contributed by atoms with E-state index in [1.807, 2.05) is 13.8 Å². The van der Waals surface area contributed by atoms with Gasteiger partial charge in [0.2, 0.25) is 0 Å². The maximum atomic E-state index is 11.6. The Labute approximate surface area is 180 Å². The van der Waals surface area contributed by atoms with Crippen LogP contribution < -0.4 is 0 Å². The van der Waals surface area contributed by atoms with Crippen LogP contribution >= 0.6 is 0 Å². The van der Waals surface area contributed by atoms with Gasteiger partial charge >= 0.3 is 0 Å². The van der Waals surface area contributed by atoms with Crippen LogP contribution in [0, 0.1) is 16.7 Å². The summed E-state index contributed by atoms with van der Waals surface area (Å²) in [7, 11) is 0.